The molecule has 0 aliphatic heterocycles. The van der Waals surface area contributed by atoms with Crippen LogP contribution in [0.25, 0.3) is 6.08 Å². The van der Waals surface area contributed by atoms with E-state index >= 15 is 0 Å². The second kappa shape index (κ2) is 17.8. The first-order valence-corrected chi connectivity index (χ1v) is 12.7. The normalized spacial score (nSPS) is 12.2. The van der Waals surface area contributed by atoms with Crippen molar-refractivity contribution in [3.05, 3.63) is 41.5 Å². The van der Waals surface area contributed by atoms with Gasteiger partial charge in [0.1, 0.15) is 0 Å². The lowest BCUT2D eigenvalue weighted by molar-refractivity contribution is 0.529. The summed E-state index contributed by atoms with van der Waals surface area (Å²) < 4.78 is 0. The van der Waals surface area contributed by atoms with Gasteiger partial charge in [0.15, 0.2) is 0 Å². The molecular weight excluding hydrogens is 350 g/mol. The van der Waals surface area contributed by atoms with Gasteiger partial charge in [0.2, 0.25) is 0 Å². The minimum Gasteiger partial charge on any atom is -0.324 e. The Morgan fingerprint density at radius 2 is 1.21 bits per heavy atom. The van der Waals surface area contributed by atoms with Gasteiger partial charge < -0.3 is 5.73 Å². The van der Waals surface area contributed by atoms with Crippen LogP contribution in [-0.4, -0.2) is 0 Å². The van der Waals surface area contributed by atoms with Crippen molar-refractivity contribution < 1.29 is 0 Å². The van der Waals surface area contributed by atoms with E-state index in [2.05, 4.69) is 38.6 Å². The molecule has 1 heteroatoms. The SMILES string of the molecule is C=Cc1cccc(CCCCCCCCCCCCCCCCCC)c1C(C)N. The van der Waals surface area contributed by atoms with Crippen molar-refractivity contribution in [3.63, 3.8) is 0 Å². The first-order chi connectivity index (χ1) is 14.2. The highest BCUT2D eigenvalue weighted by atomic mass is 14.6. The molecule has 1 rings (SSSR count). The Kier molecular flexibility index (Phi) is 15.9. The highest BCUT2D eigenvalue weighted by Crippen LogP contribution is 2.24. The van der Waals surface area contributed by atoms with Gasteiger partial charge in [0.05, 0.1) is 0 Å². The van der Waals surface area contributed by atoms with Crippen LogP contribution in [0.1, 0.15) is 139 Å². The fraction of sp³-hybridized carbons (Fsp3) is 0.714. The van der Waals surface area contributed by atoms with Crippen molar-refractivity contribution in [1.29, 1.82) is 0 Å². The summed E-state index contributed by atoms with van der Waals surface area (Å²) in [7, 11) is 0. The van der Waals surface area contributed by atoms with Crippen molar-refractivity contribution in [2.24, 2.45) is 5.73 Å². The van der Waals surface area contributed by atoms with Crippen LogP contribution in [0.15, 0.2) is 24.8 Å². The average Bonchev–Trinajstić information content (AvgIpc) is 2.72. The van der Waals surface area contributed by atoms with E-state index in [-0.39, 0.29) is 6.04 Å². The molecule has 1 aromatic rings. The molecule has 0 radical (unpaired) electrons. The zero-order valence-corrected chi connectivity index (χ0v) is 19.7. The summed E-state index contributed by atoms with van der Waals surface area (Å²) in [5, 5.41) is 0. The van der Waals surface area contributed by atoms with E-state index in [1.807, 2.05) is 6.08 Å². The van der Waals surface area contributed by atoms with Gasteiger partial charge in [-0.3, -0.25) is 0 Å². The van der Waals surface area contributed by atoms with Crippen molar-refractivity contribution in [2.45, 2.75) is 129 Å². The molecule has 1 nitrogen and oxygen atoms in total. The van der Waals surface area contributed by atoms with Crippen molar-refractivity contribution >= 4 is 6.08 Å². The van der Waals surface area contributed by atoms with Gasteiger partial charge in [-0.05, 0) is 36.5 Å². The zero-order chi connectivity index (χ0) is 21.2. The lowest BCUT2D eigenvalue weighted by Gasteiger charge is -2.16. The van der Waals surface area contributed by atoms with Gasteiger partial charge >= 0.3 is 0 Å². The lowest BCUT2D eigenvalue weighted by Crippen LogP contribution is -2.10. The van der Waals surface area contributed by atoms with Crippen LogP contribution in [-0.2, 0) is 6.42 Å². The van der Waals surface area contributed by atoms with E-state index in [1.165, 1.54) is 119 Å². The molecule has 166 valence electrons. The standard InChI is InChI=1S/C28H49N/c1-4-6-7-8-9-10-11-12-13-14-15-16-17-18-19-20-22-27-24-21-23-26(5-2)28(27)25(3)29/h5,21,23-25H,2,4,6-20,22,29H2,1,3H3. The predicted octanol–water partition coefficient (Wildman–Crippen LogP) is 9.15. The molecule has 0 aliphatic rings. The number of aryl methyl sites for hydroxylation is 1. The largest absolute Gasteiger partial charge is 0.324 e. The van der Waals surface area contributed by atoms with Crippen LogP contribution in [0, 0.1) is 0 Å². The summed E-state index contributed by atoms with van der Waals surface area (Å²) in [5.41, 5.74) is 10.1. The molecule has 0 saturated carbocycles. The van der Waals surface area contributed by atoms with E-state index in [0.717, 1.165) is 6.42 Å². The van der Waals surface area contributed by atoms with Crippen LogP contribution in [0.4, 0.5) is 0 Å². The second-order valence-electron chi connectivity index (χ2n) is 8.97. The predicted molar refractivity (Wildman–Crippen MR) is 132 cm³/mol. The summed E-state index contributed by atoms with van der Waals surface area (Å²) >= 11 is 0. The summed E-state index contributed by atoms with van der Waals surface area (Å²) in [4.78, 5) is 0. The highest BCUT2D eigenvalue weighted by Gasteiger charge is 2.10. The molecule has 29 heavy (non-hydrogen) atoms. The molecule has 1 aromatic carbocycles. The van der Waals surface area contributed by atoms with Gasteiger partial charge in [-0.2, -0.15) is 0 Å². The maximum absolute atomic E-state index is 6.20. The molecule has 1 atom stereocenters. The topological polar surface area (TPSA) is 26.0 Å². The third-order valence-electron chi connectivity index (χ3n) is 6.21. The fourth-order valence-electron chi connectivity index (χ4n) is 4.45. The molecule has 0 heterocycles. The maximum atomic E-state index is 6.20. The van der Waals surface area contributed by atoms with Crippen molar-refractivity contribution in [3.8, 4) is 0 Å². The van der Waals surface area contributed by atoms with Crippen LogP contribution in [0.2, 0.25) is 0 Å². The number of hydrogen-bond acceptors (Lipinski definition) is 1. The van der Waals surface area contributed by atoms with E-state index in [0.29, 0.717) is 0 Å². The van der Waals surface area contributed by atoms with Crippen LogP contribution in [0.3, 0.4) is 0 Å². The Bertz CT molecular complexity index is 517. The Morgan fingerprint density at radius 1 is 0.759 bits per heavy atom. The zero-order valence-electron chi connectivity index (χ0n) is 19.7. The fourth-order valence-corrected chi connectivity index (χ4v) is 4.45. The first kappa shape index (κ1) is 26.0. The van der Waals surface area contributed by atoms with E-state index in [1.54, 1.807) is 0 Å². The molecule has 0 saturated heterocycles. The third kappa shape index (κ3) is 12.3. The number of hydrogen-bond donors (Lipinski definition) is 1. The van der Waals surface area contributed by atoms with Gasteiger partial charge in [0.25, 0.3) is 0 Å². The molecule has 0 amide bonds. The van der Waals surface area contributed by atoms with E-state index in [4.69, 9.17) is 5.73 Å². The van der Waals surface area contributed by atoms with Gasteiger partial charge in [-0.15, -0.1) is 0 Å². The molecule has 1 unspecified atom stereocenters. The lowest BCUT2D eigenvalue weighted by atomic mass is 9.92. The summed E-state index contributed by atoms with van der Waals surface area (Å²) in [6.45, 7) is 8.32. The third-order valence-corrected chi connectivity index (χ3v) is 6.21. The Morgan fingerprint density at radius 3 is 1.62 bits per heavy atom. The van der Waals surface area contributed by atoms with Gasteiger partial charge in [0, 0.05) is 6.04 Å². The molecule has 0 aliphatic carbocycles. The average molecular weight is 400 g/mol. The van der Waals surface area contributed by atoms with Gasteiger partial charge in [-0.1, -0.05) is 134 Å². The van der Waals surface area contributed by atoms with Crippen LogP contribution >= 0.6 is 0 Å². The Balaban J connectivity index is 1.96. The molecule has 0 spiro atoms. The smallest absolute Gasteiger partial charge is 0.0274 e. The summed E-state index contributed by atoms with van der Waals surface area (Å²) in [6, 6.07) is 6.60. The summed E-state index contributed by atoms with van der Waals surface area (Å²) in [5.74, 6) is 0. The Hall–Kier alpha value is -1.08. The van der Waals surface area contributed by atoms with Crippen molar-refractivity contribution in [2.75, 3.05) is 0 Å². The second-order valence-corrected chi connectivity index (χ2v) is 8.97. The maximum Gasteiger partial charge on any atom is 0.0274 e. The van der Waals surface area contributed by atoms with E-state index in [9.17, 15) is 0 Å². The first-order valence-electron chi connectivity index (χ1n) is 12.7. The number of benzene rings is 1. The molecule has 0 fully saturated rings. The Labute approximate surface area is 182 Å². The monoisotopic (exact) mass is 399 g/mol. The number of nitrogens with two attached hydrogens (primary N) is 1. The highest BCUT2D eigenvalue weighted by molar-refractivity contribution is 5.55. The minimum absolute atomic E-state index is 0.0836. The van der Waals surface area contributed by atoms with Gasteiger partial charge in [-0.25, -0.2) is 0 Å². The molecule has 0 aromatic heterocycles. The van der Waals surface area contributed by atoms with Crippen molar-refractivity contribution in [1.82, 2.24) is 0 Å². The number of unbranched alkanes of at least 4 members (excludes halogenated alkanes) is 15. The number of rotatable bonds is 19. The van der Waals surface area contributed by atoms with Crippen LogP contribution < -0.4 is 5.73 Å². The quantitative estimate of drug-likeness (QED) is 0.230. The van der Waals surface area contributed by atoms with E-state index < -0.39 is 0 Å². The molecular formula is C28H49N. The summed E-state index contributed by atoms with van der Waals surface area (Å²) in [6.07, 6.45) is 25.8. The van der Waals surface area contributed by atoms with Crippen LogP contribution in [0.5, 0.6) is 0 Å². The molecule has 0 bridgehead atoms. The minimum atomic E-state index is 0.0836. The molecule has 2 N–H and O–H groups in total.